The Morgan fingerprint density at radius 2 is 1.61 bits per heavy atom. The molecule has 0 atom stereocenters. The number of hydrogen-bond donors (Lipinski definition) is 1. The second kappa shape index (κ2) is 9.52. The van der Waals surface area contributed by atoms with Crippen molar-refractivity contribution in [1.29, 1.82) is 0 Å². The van der Waals surface area contributed by atoms with Gasteiger partial charge in [0.1, 0.15) is 5.69 Å². The van der Waals surface area contributed by atoms with E-state index in [0.29, 0.717) is 6.54 Å². The number of hydrogen-bond acceptors (Lipinski definition) is 6. The van der Waals surface area contributed by atoms with Gasteiger partial charge in [0, 0.05) is 68.5 Å². The van der Waals surface area contributed by atoms with E-state index in [1.54, 1.807) is 12.4 Å². The molecule has 2 N–H and O–H groups in total. The van der Waals surface area contributed by atoms with E-state index in [0.717, 1.165) is 61.0 Å². The maximum atomic E-state index is 5.75. The lowest BCUT2D eigenvalue weighted by atomic mass is 10.1. The summed E-state index contributed by atoms with van der Waals surface area (Å²) < 4.78 is 2.02. The third-order valence-electron chi connectivity index (χ3n) is 6.32. The zero-order chi connectivity index (χ0) is 22.6. The molecule has 0 radical (unpaired) electrons. The lowest BCUT2D eigenvalue weighted by Crippen LogP contribution is -2.46. The summed E-state index contributed by atoms with van der Waals surface area (Å²) in [6, 6.07) is 18.6. The average Bonchev–Trinajstić information content (AvgIpc) is 3.25. The molecule has 0 spiro atoms. The van der Waals surface area contributed by atoms with E-state index in [-0.39, 0.29) is 0 Å². The van der Waals surface area contributed by atoms with Gasteiger partial charge in [0.25, 0.3) is 0 Å². The minimum Gasteiger partial charge on any atom is -0.352 e. The molecule has 3 heterocycles. The van der Waals surface area contributed by atoms with Gasteiger partial charge < -0.3 is 10.6 Å². The molecule has 2 aromatic carbocycles. The molecular weight excluding hydrogens is 410 g/mol. The minimum atomic E-state index is 0.541. The number of nitrogens with two attached hydrogens (primary N) is 1. The van der Waals surface area contributed by atoms with Gasteiger partial charge in [0.15, 0.2) is 5.82 Å². The van der Waals surface area contributed by atoms with Crippen LogP contribution < -0.4 is 10.6 Å². The fraction of sp³-hybridized carbons (Fsp3) is 0.269. The van der Waals surface area contributed by atoms with Gasteiger partial charge in [-0.25, -0.2) is 9.67 Å². The van der Waals surface area contributed by atoms with Crippen molar-refractivity contribution in [3.05, 3.63) is 90.0 Å². The Bertz CT molecular complexity index is 1190. The van der Waals surface area contributed by atoms with Crippen LogP contribution in [0.2, 0.25) is 0 Å². The summed E-state index contributed by atoms with van der Waals surface area (Å²) in [4.78, 5) is 14.2. The van der Waals surface area contributed by atoms with E-state index in [4.69, 9.17) is 5.73 Å². The number of piperazine rings is 1. The molecule has 1 fully saturated rings. The van der Waals surface area contributed by atoms with Crippen molar-refractivity contribution in [2.24, 2.45) is 5.73 Å². The lowest BCUT2D eigenvalue weighted by molar-refractivity contribution is 0.249. The number of benzene rings is 2. The zero-order valence-electron chi connectivity index (χ0n) is 18.9. The summed E-state index contributed by atoms with van der Waals surface area (Å²) in [6.07, 6.45) is 5.54. The third kappa shape index (κ3) is 4.51. The van der Waals surface area contributed by atoms with E-state index in [9.17, 15) is 0 Å². The topological polar surface area (TPSA) is 76.1 Å². The van der Waals surface area contributed by atoms with Gasteiger partial charge in [0.2, 0.25) is 0 Å². The van der Waals surface area contributed by atoms with Crippen LogP contribution in [-0.2, 0) is 13.1 Å². The van der Waals surface area contributed by atoms with E-state index in [2.05, 4.69) is 68.2 Å². The number of anilines is 1. The molecule has 2 aromatic heterocycles. The minimum absolute atomic E-state index is 0.541. The van der Waals surface area contributed by atoms with Crippen molar-refractivity contribution in [3.63, 3.8) is 0 Å². The highest BCUT2D eigenvalue weighted by molar-refractivity contribution is 5.72. The van der Waals surface area contributed by atoms with Gasteiger partial charge >= 0.3 is 0 Å². The molecule has 1 saturated heterocycles. The molecule has 1 aliphatic heterocycles. The van der Waals surface area contributed by atoms with Gasteiger partial charge in [-0.15, -0.1) is 0 Å². The highest BCUT2D eigenvalue weighted by Crippen LogP contribution is 2.28. The number of nitrogens with zero attached hydrogens (tertiary/aromatic N) is 6. The van der Waals surface area contributed by atoms with Gasteiger partial charge in [-0.3, -0.25) is 9.88 Å². The summed E-state index contributed by atoms with van der Waals surface area (Å²) in [5, 5.41) is 4.62. The van der Waals surface area contributed by atoms with Gasteiger partial charge in [-0.1, -0.05) is 42.5 Å². The van der Waals surface area contributed by atoms with Gasteiger partial charge in [0.05, 0.1) is 11.9 Å². The van der Waals surface area contributed by atoms with Crippen LogP contribution in [0, 0.1) is 6.92 Å². The highest BCUT2D eigenvalue weighted by Gasteiger charge is 2.22. The Morgan fingerprint density at radius 1 is 0.879 bits per heavy atom. The third-order valence-corrected chi connectivity index (χ3v) is 6.32. The van der Waals surface area contributed by atoms with Crippen LogP contribution in [0.5, 0.6) is 0 Å². The predicted octanol–water partition coefficient (Wildman–Crippen LogP) is 3.42. The Kier molecular flexibility index (Phi) is 6.15. The van der Waals surface area contributed by atoms with Crippen LogP contribution in [0.1, 0.15) is 16.8 Å². The predicted molar refractivity (Wildman–Crippen MR) is 131 cm³/mol. The first-order valence-electron chi connectivity index (χ1n) is 11.4. The number of para-hydroxylation sites is 1. The molecule has 33 heavy (non-hydrogen) atoms. The Balaban J connectivity index is 1.26. The maximum Gasteiger partial charge on any atom is 0.155 e. The normalized spacial score (nSPS) is 14.5. The molecule has 7 heteroatoms. The second-order valence-corrected chi connectivity index (χ2v) is 8.40. The lowest BCUT2D eigenvalue weighted by Gasteiger charge is -2.35. The molecule has 0 saturated carbocycles. The van der Waals surface area contributed by atoms with Crippen LogP contribution in [0.25, 0.3) is 16.9 Å². The monoisotopic (exact) mass is 439 g/mol. The zero-order valence-corrected chi connectivity index (χ0v) is 18.9. The van der Waals surface area contributed by atoms with Crippen LogP contribution in [-0.4, -0.2) is 50.8 Å². The summed E-state index contributed by atoms with van der Waals surface area (Å²) in [6.45, 7) is 7.36. The molecule has 7 nitrogen and oxygen atoms in total. The van der Waals surface area contributed by atoms with Gasteiger partial charge in [-0.05, 0) is 24.6 Å². The molecule has 0 bridgehead atoms. The molecule has 4 aromatic rings. The van der Waals surface area contributed by atoms with Crippen LogP contribution in [0.3, 0.4) is 0 Å². The van der Waals surface area contributed by atoms with Gasteiger partial charge in [-0.2, -0.15) is 5.10 Å². The van der Waals surface area contributed by atoms with Crippen molar-refractivity contribution in [1.82, 2.24) is 24.6 Å². The molecule has 168 valence electrons. The van der Waals surface area contributed by atoms with Crippen molar-refractivity contribution in [2.75, 3.05) is 31.1 Å². The van der Waals surface area contributed by atoms with Crippen LogP contribution in [0.4, 0.5) is 5.82 Å². The van der Waals surface area contributed by atoms with E-state index in [1.807, 2.05) is 29.1 Å². The first kappa shape index (κ1) is 21.3. The van der Waals surface area contributed by atoms with E-state index in [1.165, 1.54) is 11.3 Å². The quantitative estimate of drug-likeness (QED) is 0.496. The summed E-state index contributed by atoms with van der Waals surface area (Å²) >= 11 is 0. The first-order chi connectivity index (χ1) is 16.2. The molecule has 1 aliphatic rings. The molecule has 0 unspecified atom stereocenters. The second-order valence-electron chi connectivity index (χ2n) is 8.40. The smallest absolute Gasteiger partial charge is 0.155 e. The van der Waals surface area contributed by atoms with Crippen LogP contribution >= 0.6 is 0 Å². The maximum absolute atomic E-state index is 5.75. The van der Waals surface area contributed by atoms with Crippen molar-refractivity contribution < 1.29 is 0 Å². The fourth-order valence-corrected chi connectivity index (χ4v) is 4.35. The standard InChI is InChI=1S/C26H29N7/c1-20-23(18-30-33(20)24-5-3-2-4-6-24)19-31-13-15-32(16-14-31)26-25(28-11-12-29-26)22-9-7-21(17-27)8-10-22/h2-12,18H,13-17,19,27H2,1H3. The van der Waals surface area contributed by atoms with E-state index >= 15 is 0 Å². The SMILES string of the molecule is Cc1c(CN2CCN(c3nccnc3-c3ccc(CN)cc3)CC2)cnn1-c1ccccc1. The van der Waals surface area contributed by atoms with Crippen molar-refractivity contribution >= 4 is 5.82 Å². The van der Waals surface area contributed by atoms with Crippen molar-refractivity contribution in [3.8, 4) is 16.9 Å². The van der Waals surface area contributed by atoms with Crippen LogP contribution in [0.15, 0.2) is 73.2 Å². The number of rotatable bonds is 6. The Labute approximate surface area is 194 Å². The molecule has 5 rings (SSSR count). The Morgan fingerprint density at radius 3 is 2.33 bits per heavy atom. The largest absolute Gasteiger partial charge is 0.352 e. The summed E-state index contributed by atoms with van der Waals surface area (Å²) in [5.74, 6) is 0.950. The summed E-state index contributed by atoms with van der Waals surface area (Å²) in [5.41, 5.74) is 12.4. The number of aromatic nitrogens is 4. The van der Waals surface area contributed by atoms with E-state index < -0.39 is 0 Å². The first-order valence-corrected chi connectivity index (χ1v) is 11.4. The molecular formula is C26H29N7. The summed E-state index contributed by atoms with van der Waals surface area (Å²) in [7, 11) is 0. The highest BCUT2D eigenvalue weighted by atomic mass is 15.3. The average molecular weight is 440 g/mol. The molecule has 0 amide bonds. The molecule has 0 aliphatic carbocycles. The van der Waals surface area contributed by atoms with Crippen molar-refractivity contribution in [2.45, 2.75) is 20.0 Å². The fourth-order valence-electron chi connectivity index (χ4n) is 4.35. The Hall–Kier alpha value is -3.55.